The van der Waals surface area contributed by atoms with Gasteiger partial charge in [0.25, 0.3) is 0 Å². The molecule has 0 saturated heterocycles. The number of aromatic hydroxyl groups is 1. The highest BCUT2D eigenvalue weighted by Gasteiger charge is 2.23. The molecule has 1 N–H and O–H groups in total. The van der Waals surface area contributed by atoms with Crippen molar-refractivity contribution in [2.75, 3.05) is 30.9 Å². The molecule has 1 heterocycles. The normalized spacial score (nSPS) is 10.4. The number of anilines is 2. The third-order valence-corrected chi connectivity index (χ3v) is 4.25. The minimum atomic E-state index is -0.551. The lowest BCUT2D eigenvalue weighted by molar-refractivity contribution is -0.142. The molecule has 28 heavy (non-hydrogen) atoms. The van der Waals surface area contributed by atoms with Crippen LogP contribution < -0.4 is 4.90 Å². The average Bonchev–Trinajstić information content (AvgIpc) is 2.69. The van der Waals surface area contributed by atoms with Crippen molar-refractivity contribution in [3.63, 3.8) is 0 Å². The van der Waals surface area contributed by atoms with Crippen LogP contribution in [0.2, 0.25) is 0 Å². The average molecular weight is 405 g/mol. The Morgan fingerprint density at radius 1 is 1.14 bits per heavy atom. The van der Waals surface area contributed by atoms with Gasteiger partial charge in [-0.3, -0.25) is 4.79 Å². The van der Waals surface area contributed by atoms with E-state index in [1.54, 1.807) is 30.9 Å². The number of nitrogens with zero attached hydrogens (tertiary/aromatic N) is 3. The molecule has 2 rings (SSSR count). The summed E-state index contributed by atoms with van der Waals surface area (Å²) in [5.74, 6) is -0.479. The fourth-order valence-corrected chi connectivity index (χ4v) is 2.78. The summed E-state index contributed by atoms with van der Waals surface area (Å²) >= 11 is 1.33. The summed E-state index contributed by atoms with van der Waals surface area (Å²) < 4.78 is 10.1. The lowest BCUT2D eigenvalue weighted by atomic mass is 10.2. The topological polar surface area (TPSA) is 102 Å². The van der Waals surface area contributed by atoms with Gasteiger partial charge in [0, 0.05) is 18.4 Å². The number of phenols is 1. The third-order valence-electron chi connectivity index (χ3n) is 3.69. The van der Waals surface area contributed by atoms with Crippen LogP contribution >= 0.6 is 11.8 Å². The van der Waals surface area contributed by atoms with Crippen LogP contribution in [0.15, 0.2) is 35.6 Å². The molecule has 0 saturated carbocycles. The molecule has 150 valence electrons. The lowest BCUT2D eigenvalue weighted by Gasteiger charge is -2.25. The zero-order chi connectivity index (χ0) is 20.5. The highest BCUT2D eigenvalue weighted by molar-refractivity contribution is 7.98. The smallest absolute Gasteiger partial charge is 0.343 e. The number of aromatic nitrogens is 2. The number of phenolic OH excluding ortho intramolecular Hbond substituents is 1. The molecule has 0 aliphatic carbocycles. The maximum Gasteiger partial charge on any atom is 0.343 e. The fraction of sp³-hybridized carbons (Fsp3) is 0.368. The standard InChI is InChI=1S/C19H23N3O5S/c1-4-26-16(24)10-11-22(13-6-8-14(23)9-7-13)17-15(18(25)27-5-2)12-20-19(21-17)28-3/h6-9,12,23H,4-5,10-11H2,1-3H3. The number of ether oxygens (including phenoxy) is 2. The van der Waals surface area contributed by atoms with Crippen molar-refractivity contribution in [2.45, 2.75) is 25.4 Å². The second-order valence-corrected chi connectivity index (χ2v) is 6.31. The van der Waals surface area contributed by atoms with Crippen LogP contribution in [-0.4, -0.2) is 53.0 Å². The summed E-state index contributed by atoms with van der Waals surface area (Å²) in [6.07, 6.45) is 3.34. The number of rotatable bonds is 9. The molecule has 0 aliphatic heterocycles. The van der Waals surface area contributed by atoms with Gasteiger partial charge in [-0.25, -0.2) is 14.8 Å². The Hall–Kier alpha value is -2.81. The SMILES string of the molecule is CCOC(=O)CCN(c1ccc(O)cc1)c1nc(SC)ncc1C(=O)OCC. The summed E-state index contributed by atoms with van der Waals surface area (Å²) in [5.41, 5.74) is 0.843. The van der Waals surface area contributed by atoms with Crippen molar-refractivity contribution < 1.29 is 24.2 Å². The van der Waals surface area contributed by atoms with E-state index in [9.17, 15) is 14.7 Å². The van der Waals surface area contributed by atoms with Gasteiger partial charge in [-0.2, -0.15) is 0 Å². The first kappa shape index (κ1) is 21.5. The van der Waals surface area contributed by atoms with Gasteiger partial charge in [-0.05, 0) is 44.4 Å². The first-order valence-corrected chi connectivity index (χ1v) is 10.0. The minimum Gasteiger partial charge on any atom is -0.508 e. The van der Waals surface area contributed by atoms with Crippen LogP contribution in [-0.2, 0) is 14.3 Å². The Morgan fingerprint density at radius 3 is 2.43 bits per heavy atom. The zero-order valence-corrected chi connectivity index (χ0v) is 16.9. The van der Waals surface area contributed by atoms with E-state index in [0.717, 1.165) is 0 Å². The predicted molar refractivity (Wildman–Crippen MR) is 106 cm³/mol. The molecular weight excluding hydrogens is 382 g/mol. The van der Waals surface area contributed by atoms with E-state index in [-0.39, 0.29) is 43.5 Å². The maximum atomic E-state index is 12.4. The number of hydrogen-bond acceptors (Lipinski definition) is 9. The molecule has 0 bridgehead atoms. The van der Waals surface area contributed by atoms with Crippen LogP contribution in [0, 0.1) is 0 Å². The number of hydrogen-bond donors (Lipinski definition) is 1. The number of carbonyl (C=O) groups is 2. The molecular formula is C19H23N3O5S. The minimum absolute atomic E-state index is 0.0928. The Balaban J connectivity index is 2.49. The predicted octanol–water partition coefficient (Wildman–Crippen LogP) is 3.17. The largest absolute Gasteiger partial charge is 0.508 e. The first-order valence-electron chi connectivity index (χ1n) is 8.80. The fourth-order valence-electron chi connectivity index (χ4n) is 2.44. The van der Waals surface area contributed by atoms with Crippen LogP contribution in [0.5, 0.6) is 5.75 Å². The van der Waals surface area contributed by atoms with Gasteiger partial charge in [0.2, 0.25) is 0 Å². The van der Waals surface area contributed by atoms with Gasteiger partial charge < -0.3 is 19.5 Å². The molecule has 0 fully saturated rings. The Bertz CT molecular complexity index is 814. The second-order valence-electron chi connectivity index (χ2n) is 5.54. The van der Waals surface area contributed by atoms with Crippen molar-refractivity contribution in [3.05, 3.63) is 36.0 Å². The number of carbonyl (C=O) groups excluding carboxylic acids is 2. The summed E-state index contributed by atoms with van der Waals surface area (Å²) in [6.45, 7) is 4.18. The molecule has 9 heteroatoms. The Kier molecular flexibility index (Phi) is 8.06. The molecule has 2 aromatic rings. The van der Waals surface area contributed by atoms with Crippen LogP contribution in [0.4, 0.5) is 11.5 Å². The Labute approximate surface area is 167 Å². The number of thioether (sulfide) groups is 1. The zero-order valence-electron chi connectivity index (χ0n) is 16.0. The van der Waals surface area contributed by atoms with E-state index in [0.29, 0.717) is 16.7 Å². The third kappa shape index (κ3) is 5.59. The van der Waals surface area contributed by atoms with E-state index < -0.39 is 5.97 Å². The lowest BCUT2D eigenvalue weighted by Crippen LogP contribution is -2.25. The van der Waals surface area contributed by atoms with E-state index in [1.165, 1.54) is 30.1 Å². The van der Waals surface area contributed by atoms with Gasteiger partial charge >= 0.3 is 11.9 Å². The molecule has 0 aliphatic rings. The van der Waals surface area contributed by atoms with Crippen molar-refractivity contribution in [2.24, 2.45) is 0 Å². The molecule has 0 unspecified atom stereocenters. The van der Waals surface area contributed by atoms with Crippen LogP contribution in [0.3, 0.4) is 0 Å². The molecule has 0 spiro atoms. The van der Waals surface area contributed by atoms with Gasteiger partial charge in [0.15, 0.2) is 11.0 Å². The summed E-state index contributed by atoms with van der Waals surface area (Å²) in [6, 6.07) is 6.40. The number of esters is 2. The highest BCUT2D eigenvalue weighted by Crippen LogP contribution is 2.30. The molecule has 1 aromatic heterocycles. The second kappa shape index (κ2) is 10.5. The maximum absolute atomic E-state index is 12.4. The molecule has 0 radical (unpaired) electrons. The molecule has 1 aromatic carbocycles. The van der Waals surface area contributed by atoms with Crippen molar-refractivity contribution in [1.29, 1.82) is 0 Å². The summed E-state index contributed by atoms with van der Waals surface area (Å²) in [7, 11) is 0. The highest BCUT2D eigenvalue weighted by atomic mass is 32.2. The quantitative estimate of drug-likeness (QED) is 0.383. The van der Waals surface area contributed by atoms with E-state index in [4.69, 9.17) is 9.47 Å². The first-order chi connectivity index (χ1) is 13.5. The van der Waals surface area contributed by atoms with Crippen molar-refractivity contribution in [3.8, 4) is 5.75 Å². The van der Waals surface area contributed by atoms with Gasteiger partial charge in [0.05, 0.1) is 19.6 Å². The summed E-state index contributed by atoms with van der Waals surface area (Å²) in [4.78, 5) is 34.7. The summed E-state index contributed by atoms with van der Waals surface area (Å²) in [5, 5.41) is 10.1. The molecule has 0 atom stereocenters. The van der Waals surface area contributed by atoms with Crippen molar-refractivity contribution >= 4 is 35.2 Å². The molecule has 0 amide bonds. The van der Waals surface area contributed by atoms with Crippen molar-refractivity contribution in [1.82, 2.24) is 9.97 Å². The van der Waals surface area contributed by atoms with Crippen LogP contribution in [0.1, 0.15) is 30.6 Å². The monoisotopic (exact) mass is 405 g/mol. The molecule has 8 nitrogen and oxygen atoms in total. The van der Waals surface area contributed by atoms with Crippen LogP contribution in [0.25, 0.3) is 0 Å². The van der Waals surface area contributed by atoms with Gasteiger partial charge in [-0.1, -0.05) is 11.8 Å². The van der Waals surface area contributed by atoms with Gasteiger partial charge in [-0.15, -0.1) is 0 Å². The van der Waals surface area contributed by atoms with E-state index in [1.807, 2.05) is 6.26 Å². The van der Waals surface area contributed by atoms with E-state index in [2.05, 4.69) is 9.97 Å². The van der Waals surface area contributed by atoms with E-state index >= 15 is 0 Å². The van der Waals surface area contributed by atoms with Gasteiger partial charge in [0.1, 0.15) is 11.3 Å². The number of benzene rings is 1. The Morgan fingerprint density at radius 2 is 1.82 bits per heavy atom.